The minimum atomic E-state index is -1.04. The van der Waals surface area contributed by atoms with Crippen LogP contribution in [-0.2, 0) is 6.54 Å². The number of hydrogen-bond donors (Lipinski definition) is 1. The standard InChI is InChI=1S/C24H26ClN3O3/c1-16(2)27-12-10-26(11-13-27)15-21-22(24(30)31)19-8-3-4-9-20(19)23(29)28(21)18-7-5-6-17(25)14-18/h3-9,14,16H,10-13,15H2,1-2H3,(H,30,31). The maximum Gasteiger partial charge on any atom is 0.338 e. The number of fused-ring (bicyclic) bond motifs is 1. The molecule has 162 valence electrons. The van der Waals surface area contributed by atoms with Gasteiger partial charge in [-0.05, 0) is 38.1 Å². The number of rotatable bonds is 5. The number of pyridine rings is 1. The van der Waals surface area contributed by atoms with Crippen molar-refractivity contribution >= 4 is 28.3 Å². The molecule has 2 aromatic carbocycles. The third-order valence-electron chi connectivity index (χ3n) is 5.98. The smallest absolute Gasteiger partial charge is 0.338 e. The van der Waals surface area contributed by atoms with Gasteiger partial charge in [0.15, 0.2) is 0 Å². The zero-order chi connectivity index (χ0) is 22.1. The molecule has 0 bridgehead atoms. The first kappa shape index (κ1) is 21.6. The first-order valence-corrected chi connectivity index (χ1v) is 10.9. The molecule has 1 aliphatic heterocycles. The van der Waals surface area contributed by atoms with Crippen molar-refractivity contribution in [2.24, 2.45) is 0 Å². The van der Waals surface area contributed by atoms with Crippen LogP contribution < -0.4 is 5.56 Å². The van der Waals surface area contributed by atoms with Gasteiger partial charge in [-0.1, -0.05) is 35.9 Å². The molecular formula is C24H26ClN3O3. The molecule has 0 atom stereocenters. The van der Waals surface area contributed by atoms with Gasteiger partial charge in [-0.15, -0.1) is 0 Å². The Bertz CT molecular complexity index is 1180. The fourth-order valence-electron chi connectivity index (χ4n) is 4.32. The van der Waals surface area contributed by atoms with Crippen molar-refractivity contribution in [1.82, 2.24) is 14.4 Å². The molecular weight excluding hydrogens is 414 g/mol. The predicted molar refractivity (Wildman–Crippen MR) is 124 cm³/mol. The lowest BCUT2D eigenvalue weighted by Gasteiger charge is -2.37. The Balaban J connectivity index is 1.89. The predicted octanol–water partition coefficient (Wildman–Crippen LogP) is 3.87. The highest BCUT2D eigenvalue weighted by Gasteiger charge is 2.26. The highest BCUT2D eigenvalue weighted by atomic mass is 35.5. The maximum absolute atomic E-state index is 13.5. The number of aromatic nitrogens is 1. The molecule has 1 saturated heterocycles. The number of aromatic carboxylic acids is 1. The van der Waals surface area contributed by atoms with Crippen LogP contribution in [0.25, 0.3) is 16.5 Å². The number of carboxylic acids is 1. The molecule has 0 unspecified atom stereocenters. The molecule has 1 aliphatic rings. The second kappa shape index (κ2) is 8.83. The Hall–Kier alpha value is -2.67. The first-order chi connectivity index (χ1) is 14.9. The topological polar surface area (TPSA) is 65.8 Å². The molecule has 7 heteroatoms. The summed E-state index contributed by atoms with van der Waals surface area (Å²) in [6, 6.07) is 14.4. The van der Waals surface area contributed by atoms with E-state index < -0.39 is 5.97 Å². The maximum atomic E-state index is 13.5. The summed E-state index contributed by atoms with van der Waals surface area (Å²) in [5.41, 5.74) is 0.984. The van der Waals surface area contributed by atoms with Crippen molar-refractivity contribution in [1.29, 1.82) is 0 Å². The minimum absolute atomic E-state index is 0.168. The van der Waals surface area contributed by atoms with E-state index in [0.29, 0.717) is 39.8 Å². The zero-order valence-corrected chi connectivity index (χ0v) is 18.5. The third-order valence-corrected chi connectivity index (χ3v) is 6.21. The number of carboxylic acid groups (broad SMARTS) is 1. The van der Waals surface area contributed by atoms with Crippen LogP contribution in [0.1, 0.15) is 29.9 Å². The summed E-state index contributed by atoms with van der Waals surface area (Å²) >= 11 is 6.21. The van der Waals surface area contributed by atoms with Gasteiger partial charge < -0.3 is 5.11 Å². The van der Waals surface area contributed by atoms with Crippen LogP contribution in [0.5, 0.6) is 0 Å². The second-order valence-corrected chi connectivity index (χ2v) is 8.64. The summed E-state index contributed by atoms with van der Waals surface area (Å²) in [5.74, 6) is -1.04. The highest BCUT2D eigenvalue weighted by molar-refractivity contribution is 6.30. The highest BCUT2D eigenvalue weighted by Crippen LogP contribution is 2.25. The van der Waals surface area contributed by atoms with E-state index in [1.807, 2.05) is 0 Å². The number of halogens is 1. The molecule has 0 amide bonds. The molecule has 4 rings (SSSR count). The third kappa shape index (κ3) is 4.24. The van der Waals surface area contributed by atoms with Crippen molar-refractivity contribution in [3.8, 4) is 5.69 Å². The number of carbonyl (C=O) groups is 1. The van der Waals surface area contributed by atoms with Crippen LogP contribution >= 0.6 is 11.6 Å². The number of nitrogens with zero attached hydrogens (tertiary/aromatic N) is 3. The van der Waals surface area contributed by atoms with E-state index in [1.54, 1.807) is 48.5 Å². The molecule has 1 N–H and O–H groups in total. The monoisotopic (exact) mass is 439 g/mol. The second-order valence-electron chi connectivity index (χ2n) is 8.20. The molecule has 0 radical (unpaired) electrons. The molecule has 0 spiro atoms. The van der Waals surface area contributed by atoms with Crippen LogP contribution in [0.3, 0.4) is 0 Å². The van der Waals surface area contributed by atoms with E-state index in [9.17, 15) is 14.7 Å². The van der Waals surface area contributed by atoms with Gasteiger partial charge in [-0.2, -0.15) is 0 Å². The van der Waals surface area contributed by atoms with Crippen LogP contribution in [0.15, 0.2) is 53.3 Å². The van der Waals surface area contributed by atoms with Crippen LogP contribution in [0.2, 0.25) is 5.02 Å². The molecule has 2 heterocycles. The van der Waals surface area contributed by atoms with E-state index in [0.717, 1.165) is 26.2 Å². The van der Waals surface area contributed by atoms with Crippen molar-refractivity contribution < 1.29 is 9.90 Å². The fraction of sp³-hybridized carbons (Fsp3) is 0.333. The van der Waals surface area contributed by atoms with Crippen LogP contribution in [0.4, 0.5) is 0 Å². The minimum Gasteiger partial charge on any atom is -0.478 e. The summed E-state index contributed by atoms with van der Waals surface area (Å²) in [5, 5.41) is 11.5. The Kier molecular flexibility index (Phi) is 6.14. The normalized spacial score (nSPS) is 15.6. The van der Waals surface area contributed by atoms with E-state index in [4.69, 9.17) is 11.6 Å². The Morgan fingerprint density at radius 2 is 1.71 bits per heavy atom. The average molecular weight is 440 g/mol. The Morgan fingerprint density at radius 1 is 1.03 bits per heavy atom. The number of benzene rings is 2. The molecule has 1 fully saturated rings. The molecule has 0 aliphatic carbocycles. The van der Waals surface area contributed by atoms with Gasteiger partial charge in [0.25, 0.3) is 5.56 Å². The Morgan fingerprint density at radius 3 is 2.32 bits per heavy atom. The van der Waals surface area contributed by atoms with Crippen molar-refractivity contribution in [2.45, 2.75) is 26.4 Å². The molecule has 31 heavy (non-hydrogen) atoms. The lowest BCUT2D eigenvalue weighted by Crippen LogP contribution is -2.49. The zero-order valence-electron chi connectivity index (χ0n) is 17.7. The van der Waals surface area contributed by atoms with Crippen LogP contribution in [0, 0.1) is 0 Å². The van der Waals surface area contributed by atoms with E-state index in [-0.39, 0.29) is 11.1 Å². The first-order valence-electron chi connectivity index (χ1n) is 10.5. The lowest BCUT2D eigenvalue weighted by molar-refractivity contribution is 0.0692. The average Bonchev–Trinajstić information content (AvgIpc) is 2.74. The van der Waals surface area contributed by atoms with Gasteiger partial charge in [-0.25, -0.2) is 4.79 Å². The van der Waals surface area contributed by atoms with Crippen molar-refractivity contribution in [3.63, 3.8) is 0 Å². The van der Waals surface area contributed by atoms with Gasteiger partial charge in [0.2, 0.25) is 0 Å². The van der Waals surface area contributed by atoms with E-state index in [1.165, 1.54) is 4.57 Å². The summed E-state index contributed by atoms with van der Waals surface area (Å²) < 4.78 is 1.52. The van der Waals surface area contributed by atoms with Gasteiger partial charge in [0, 0.05) is 54.6 Å². The fourth-order valence-corrected chi connectivity index (χ4v) is 4.51. The summed E-state index contributed by atoms with van der Waals surface area (Å²) in [6.45, 7) is 8.18. The number of hydrogen-bond acceptors (Lipinski definition) is 4. The lowest BCUT2D eigenvalue weighted by atomic mass is 10.0. The quantitative estimate of drug-likeness (QED) is 0.653. The molecule has 6 nitrogen and oxygen atoms in total. The SMILES string of the molecule is CC(C)N1CCN(Cc2c(C(=O)O)c3ccccc3c(=O)n2-c2cccc(Cl)c2)CC1. The van der Waals surface area contributed by atoms with Gasteiger partial charge in [0.1, 0.15) is 0 Å². The molecule has 1 aromatic heterocycles. The van der Waals surface area contributed by atoms with E-state index in [2.05, 4.69) is 23.6 Å². The molecule has 0 saturated carbocycles. The number of piperazine rings is 1. The van der Waals surface area contributed by atoms with Crippen molar-refractivity contribution in [2.75, 3.05) is 26.2 Å². The summed E-state index contributed by atoms with van der Waals surface area (Å²) in [7, 11) is 0. The van der Waals surface area contributed by atoms with Gasteiger partial charge >= 0.3 is 5.97 Å². The summed E-state index contributed by atoms with van der Waals surface area (Å²) in [4.78, 5) is 30.6. The van der Waals surface area contributed by atoms with E-state index >= 15 is 0 Å². The van der Waals surface area contributed by atoms with Gasteiger partial charge in [-0.3, -0.25) is 19.2 Å². The Labute approximate surface area is 186 Å². The van der Waals surface area contributed by atoms with Crippen molar-refractivity contribution in [3.05, 3.63) is 75.2 Å². The largest absolute Gasteiger partial charge is 0.478 e. The van der Waals surface area contributed by atoms with Crippen LogP contribution in [-0.4, -0.2) is 57.7 Å². The van der Waals surface area contributed by atoms with Gasteiger partial charge in [0.05, 0.1) is 16.9 Å². The molecule has 3 aromatic rings. The summed E-state index contributed by atoms with van der Waals surface area (Å²) in [6.07, 6.45) is 0.